The number of carbonyl (C=O) groups is 1. The van der Waals surface area contributed by atoms with Crippen molar-refractivity contribution < 1.29 is 4.79 Å². The van der Waals surface area contributed by atoms with Crippen LogP contribution < -0.4 is 0 Å². The highest BCUT2D eigenvalue weighted by molar-refractivity contribution is 7.99. The molecule has 1 heterocycles. The van der Waals surface area contributed by atoms with Gasteiger partial charge < -0.3 is 4.90 Å². The molecule has 1 saturated carbocycles. The number of benzene rings is 2. The zero-order chi connectivity index (χ0) is 18.5. The molecule has 1 amide bonds. The predicted molar refractivity (Wildman–Crippen MR) is 113 cm³/mol. The summed E-state index contributed by atoms with van der Waals surface area (Å²) in [6.07, 6.45) is 3.62. The normalized spacial score (nSPS) is 20.6. The molecule has 1 saturated heterocycles. The Labute approximate surface area is 166 Å². The van der Waals surface area contributed by atoms with Gasteiger partial charge in [-0.3, -0.25) is 9.69 Å². The summed E-state index contributed by atoms with van der Waals surface area (Å²) in [6.45, 7) is 2.93. The molecule has 0 bridgehead atoms. The van der Waals surface area contributed by atoms with Gasteiger partial charge in [-0.15, -0.1) is 11.8 Å². The number of nitrogens with zero attached hydrogens (tertiary/aromatic N) is 2. The van der Waals surface area contributed by atoms with Gasteiger partial charge in [0.2, 0.25) is 5.91 Å². The van der Waals surface area contributed by atoms with E-state index >= 15 is 0 Å². The Bertz CT molecular complexity index is 733. The van der Waals surface area contributed by atoms with Crippen molar-refractivity contribution in [1.29, 1.82) is 0 Å². The quantitative estimate of drug-likeness (QED) is 0.729. The number of piperazine rings is 1. The van der Waals surface area contributed by atoms with E-state index in [2.05, 4.69) is 64.4 Å². The molecule has 1 aliphatic carbocycles. The van der Waals surface area contributed by atoms with E-state index < -0.39 is 0 Å². The maximum absolute atomic E-state index is 13.0. The largest absolute Gasteiger partial charge is 0.336 e. The minimum absolute atomic E-state index is 0.298. The topological polar surface area (TPSA) is 23.6 Å². The summed E-state index contributed by atoms with van der Waals surface area (Å²) in [4.78, 5) is 17.7. The molecule has 0 N–H and O–H groups in total. The predicted octanol–water partition coefficient (Wildman–Crippen LogP) is 3.84. The van der Waals surface area contributed by atoms with Crippen molar-refractivity contribution in [1.82, 2.24) is 9.80 Å². The number of hydrogen-bond acceptors (Lipinski definition) is 3. The lowest BCUT2D eigenvalue weighted by Gasteiger charge is -2.42. The molecule has 1 unspecified atom stereocenters. The molecule has 2 fully saturated rings. The van der Waals surface area contributed by atoms with Gasteiger partial charge in [-0.05, 0) is 30.4 Å². The Kier molecular flexibility index (Phi) is 6.15. The lowest BCUT2D eigenvalue weighted by Crippen LogP contribution is -2.56. The highest BCUT2D eigenvalue weighted by atomic mass is 32.2. The van der Waals surface area contributed by atoms with E-state index in [1.54, 1.807) is 11.8 Å². The average molecular weight is 381 g/mol. The zero-order valence-corrected chi connectivity index (χ0v) is 16.6. The minimum atomic E-state index is 0.298. The number of rotatable bonds is 7. The third-order valence-corrected chi connectivity index (χ3v) is 6.54. The molecular formula is C23H28N2OS. The molecule has 4 heteroatoms. The SMILES string of the molecule is O=C(CSCc1ccccc1)N1CCN(C2CC2)CC1Cc1ccccc1. The number of thioether (sulfide) groups is 1. The fraction of sp³-hybridized carbons (Fsp3) is 0.435. The van der Waals surface area contributed by atoms with Crippen molar-refractivity contribution in [2.75, 3.05) is 25.4 Å². The highest BCUT2D eigenvalue weighted by Crippen LogP contribution is 2.30. The van der Waals surface area contributed by atoms with Gasteiger partial charge in [0.15, 0.2) is 0 Å². The van der Waals surface area contributed by atoms with Crippen molar-refractivity contribution >= 4 is 17.7 Å². The third-order valence-electron chi connectivity index (χ3n) is 5.55. The first-order valence-electron chi connectivity index (χ1n) is 9.99. The summed E-state index contributed by atoms with van der Waals surface area (Å²) in [5.41, 5.74) is 2.62. The Morgan fingerprint density at radius 3 is 2.26 bits per heavy atom. The lowest BCUT2D eigenvalue weighted by atomic mass is 10.0. The summed E-state index contributed by atoms with van der Waals surface area (Å²) in [5.74, 6) is 1.77. The van der Waals surface area contributed by atoms with Crippen LogP contribution in [0.1, 0.15) is 24.0 Å². The van der Waals surface area contributed by atoms with Crippen LogP contribution in [0.2, 0.25) is 0 Å². The van der Waals surface area contributed by atoms with Gasteiger partial charge in [0.1, 0.15) is 0 Å². The highest BCUT2D eigenvalue weighted by Gasteiger charge is 2.36. The minimum Gasteiger partial charge on any atom is -0.336 e. The standard InChI is InChI=1S/C23H28N2OS/c26-23(18-27-17-20-9-5-2-6-10-20)25-14-13-24(21-11-12-21)16-22(25)15-19-7-3-1-4-8-19/h1-10,21-22H,11-18H2. The van der Waals surface area contributed by atoms with Crippen LogP contribution in [0, 0.1) is 0 Å². The van der Waals surface area contributed by atoms with Crippen LogP contribution in [-0.4, -0.2) is 53.2 Å². The first-order valence-corrected chi connectivity index (χ1v) is 11.1. The summed E-state index contributed by atoms with van der Waals surface area (Å²) >= 11 is 1.73. The van der Waals surface area contributed by atoms with E-state index in [9.17, 15) is 4.79 Å². The molecule has 2 aromatic rings. The maximum Gasteiger partial charge on any atom is 0.232 e. The molecule has 0 spiro atoms. The molecule has 142 valence electrons. The zero-order valence-electron chi connectivity index (χ0n) is 15.8. The van der Waals surface area contributed by atoms with Crippen molar-refractivity contribution in [3.8, 4) is 0 Å². The van der Waals surface area contributed by atoms with E-state index in [1.807, 2.05) is 6.07 Å². The van der Waals surface area contributed by atoms with Crippen LogP contribution in [0.25, 0.3) is 0 Å². The molecule has 2 aromatic carbocycles. The van der Waals surface area contributed by atoms with Crippen LogP contribution in [0.15, 0.2) is 60.7 Å². The molecule has 4 rings (SSSR count). The van der Waals surface area contributed by atoms with Gasteiger partial charge >= 0.3 is 0 Å². The molecule has 1 aliphatic heterocycles. The Hall–Kier alpha value is -1.78. The summed E-state index contributed by atoms with van der Waals surface area (Å²) in [6, 6.07) is 22.1. The van der Waals surface area contributed by atoms with Crippen LogP contribution >= 0.6 is 11.8 Å². The molecule has 3 nitrogen and oxygen atoms in total. The van der Waals surface area contributed by atoms with Crippen LogP contribution in [0.4, 0.5) is 0 Å². The number of carbonyl (C=O) groups excluding carboxylic acids is 1. The van der Waals surface area contributed by atoms with E-state index in [4.69, 9.17) is 0 Å². The van der Waals surface area contributed by atoms with Gasteiger partial charge in [0.05, 0.1) is 5.75 Å². The summed E-state index contributed by atoms with van der Waals surface area (Å²) < 4.78 is 0. The van der Waals surface area contributed by atoms with Crippen molar-refractivity contribution in [3.63, 3.8) is 0 Å². The Balaban J connectivity index is 1.36. The van der Waals surface area contributed by atoms with E-state index in [-0.39, 0.29) is 0 Å². The molecule has 0 radical (unpaired) electrons. The van der Waals surface area contributed by atoms with Crippen LogP contribution in [-0.2, 0) is 17.0 Å². The second-order valence-corrected chi connectivity index (χ2v) is 8.62. The van der Waals surface area contributed by atoms with Gasteiger partial charge in [0.25, 0.3) is 0 Å². The third kappa shape index (κ3) is 5.14. The first-order chi connectivity index (χ1) is 13.3. The molecule has 27 heavy (non-hydrogen) atoms. The van der Waals surface area contributed by atoms with Crippen molar-refractivity contribution in [2.24, 2.45) is 0 Å². The summed E-state index contributed by atoms with van der Waals surface area (Å²) in [7, 11) is 0. The molecular weight excluding hydrogens is 352 g/mol. The van der Waals surface area contributed by atoms with Crippen LogP contribution in [0.5, 0.6) is 0 Å². The van der Waals surface area contributed by atoms with E-state index in [1.165, 1.54) is 24.0 Å². The smallest absolute Gasteiger partial charge is 0.232 e. The second-order valence-electron chi connectivity index (χ2n) is 7.64. The fourth-order valence-corrected chi connectivity index (χ4v) is 4.82. The van der Waals surface area contributed by atoms with Gasteiger partial charge in [-0.2, -0.15) is 0 Å². The monoisotopic (exact) mass is 380 g/mol. The van der Waals surface area contributed by atoms with E-state index in [0.717, 1.165) is 37.8 Å². The Morgan fingerprint density at radius 1 is 0.926 bits per heavy atom. The first kappa shape index (κ1) is 18.6. The average Bonchev–Trinajstić information content (AvgIpc) is 3.55. The fourth-order valence-electron chi connectivity index (χ4n) is 3.95. The molecule has 2 aliphatic rings. The second kappa shape index (κ2) is 8.94. The number of amides is 1. The molecule has 0 aromatic heterocycles. The lowest BCUT2D eigenvalue weighted by molar-refractivity contribution is -0.133. The van der Waals surface area contributed by atoms with E-state index in [0.29, 0.717) is 17.7 Å². The van der Waals surface area contributed by atoms with Crippen LogP contribution in [0.3, 0.4) is 0 Å². The maximum atomic E-state index is 13.0. The van der Waals surface area contributed by atoms with Gasteiger partial charge in [-0.1, -0.05) is 60.7 Å². The van der Waals surface area contributed by atoms with Crippen molar-refractivity contribution in [2.45, 2.75) is 37.1 Å². The number of hydrogen-bond donors (Lipinski definition) is 0. The van der Waals surface area contributed by atoms with Gasteiger partial charge in [0, 0.05) is 37.5 Å². The van der Waals surface area contributed by atoms with Gasteiger partial charge in [-0.25, -0.2) is 0 Å². The molecule has 1 atom stereocenters. The van der Waals surface area contributed by atoms with Crippen molar-refractivity contribution in [3.05, 3.63) is 71.8 Å². The Morgan fingerprint density at radius 2 is 1.59 bits per heavy atom. The summed E-state index contributed by atoms with van der Waals surface area (Å²) in [5, 5.41) is 0.